The summed E-state index contributed by atoms with van der Waals surface area (Å²) >= 11 is 6.71. The number of fused-ring (bicyclic) bond motifs is 1. The normalized spacial score (nSPS) is 19.3. The molecule has 9 heteroatoms. The SMILES string of the molecule is CCCC(CC)N1CCc2cc(COc3c(Cl)cccc3-c3cccc(N4CCC(C(=O)O)C(OC)C4)n3)cc(OC)c2C1. The van der Waals surface area contributed by atoms with Crippen LogP contribution in [0, 0.1) is 5.92 Å². The van der Waals surface area contributed by atoms with Crippen LogP contribution in [0.3, 0.4) is 0 Å². The highest BCUT2D eigenvalue weighted by Gasteiger charge is 2.35. The largest absolute Gasteiger partial charge is 0.496 e. The minimum absolute atomic E-state index is 0.343. The predicted molar refractivity (Wildman–Crippen MR) is 174 cm³/mol. The van der Waals surface area contributed by atoms with Crippen LogP contribution in [0.5, 0.6) is 11.5 Å². The number of pyridine rings is 1. The van der Waals surface area contributed by atoms with E-state index in [0.29, 0.717) is 42.9 Å². The van der Waals surface area contributed by atoms with Crippen molar-refractivity contribution in [2.75, 3.05) is 38.8 Å². The second-order valence-corrected chi connectivity index (χ2v) is 12.2. The van der Waals surface area contributed by atoms with E-state index >= 15 is 0 Å². The van der Waals surface area contributed by atoms with Crippen molar-refractivity contribution in [2.24, 2.45) is 5.92 Å². The minimum atomic E-state index is -0.824. The van der Waals surface area contributed by atoms with Crippen molar-refractivity contribution in [3.63, 3.8) is 0 Å². The van der Waals surface area contributed by atoms with Gasteiger partial charge in [0, 0.05) is 50.5 Å². The fourth-order valence-corrected chi connectivity index (χ4v) is 6.91. The number of nitrogens with zero attached hydrogens (tertiary/aromatic N) is 3. The summed E-state index contributed by atoms with van der Waals surface area (Å²) in [5, 5.41) is 10.1. The van der Waals surface area contributed by atoms with Gasteiger partial charge in [0.05, 0.1) is 29.8 Å². The van der Waals surface area contributed by atoms with E-state index in [-0.39, 0.29) is 0 Å². The third-order valence-electron chi connectivity index (χ3n) is 9.08. The van der Waals surface area contributed by atoms with Crippen molar-refractivity contribution in [1.82, 2.24) is 9.88 Å². The van der Waals surface area contributed by atoms with Gasteiger partial charge in [-0.3, -0.25) is 9.69 Å². The third-order valence-corrected chi connectivity index (χ3v) is 9.38. The highest BCUT2D eigenvalue weighted by atomic mass is 35.5. The third kappa shape index (κ3) is 6.98. The van der Waals surface area contributed by atoms with Gasteiger partial charge in [0.15, 0.2) is 0 Å². The average molecular weight is 622 g/mol. The van der Waals surface area contributed by atoms with Crippen molar-refractivity contribution in [3.05, 3.63) is 70.2 Å². The molecule has 1 saturated heterocycles. The Bertz CT molecular complexity index is 1430. The second kappa shape index (κ2) is 14.6. The van der Waals surface area contributed by atoms with Gasteiger partial charge < -0.3 is 24.2 Å². The lowest BCUT2D eigenvalue weighted by molar-refractivity contribution is -0.147. The molecule has 3 unspecified atom stereocenters. The Labute approximate surface area is 265 Å². The van der Waals surface area contributed by atoms with E-state index in [0.717, 1.165) is 54.3 Å². The Morgan fingerprint density at radius 1 is 1.14 bits per heavy atom. The van der Waals surface area contributed by atoms with E-state index in [1.54, 1.807) is 14.2 Å². The molecule has 2 aliphatic rings. The van der Waals surface area contributed by atoms with Crippen molar-refractivity contribution in [3.8, 4) is 22.8 Å². The predicted octanol–water partition coefficient (Wildman–Crippen LogP) is 6.85. The maximum Gasteiger partial charge on any atom is 0.309 e. The van der Waals surface area contributed by atoms with Crippen molar-refractivity contribution < 1.29 is 24.1 Å². The first-order chi connectivity index (χ1) is 21.4. The Morgan fingerprint density at radius 2 is 1.95 bits per heavy atom. The molecule has 236 valence electrons. The van der Waals surface area contributed by atoms with Gasteiger partial charge in [-0.1, -0.05) is 50.1 Å². The highest BCUT2D eigenvalue weighted by Crippen LogP contribution is 2.38. The van der Waals surface area contributed by atoms with Gasteiger partial charge in [0.1, 0.15) is 23.9 Å². The molecule has 0 aliphatic carbocycles. The molecule has 3 heterocycles. The van der Waals surface area contributed by atoms with E-state index in [1.165, 1.54) is 24.0 Å². The molecule has 5 rings (SSSR count). The van der Waals surface area contributed by atoms with E-state index < -0.39 is 18.0 Å². The summed E-state index contributed by atoms with van der Waals surface area (Å²) < 4.78 is 17.8. The summed E-state index contributed by atoms with van der Waals surface area (Å²) in [7, 11) is 3.30. The molecule has 2 aliphatic heterocycles. The van der Waals surface area contributed by atoms with Crippen LogP contribution in [0.4, 0.5) is 5.82 Å². The molecule has 0 bridgehead atoms. The number of carboxylic acids is 1. The van der Waals surface area contributed by atoms with Crippen molar-refractivity contribution >= 4 is 23.4 Å². The van der Waals surface area contributed by atoms with Gasteiger partial charge in [-0.15, -0.1) is 0 Å². The summed E-state index contributed by atoms with van der Waals surface area (Å²) in [4.78, 5) is 21.3. The molecular formula is C35H44ClN3O5. The van der Waals surface area contributed by atoms with Crippen LogP contribution >= 0.6 is 11.6 Å². The van der Waals surface area contributed by atoms with Gasteiger partial charge in [-0.05, 0) is 67.1 Å². The summed E-state index contributed by atoms with van der Waals surface area (Å²) in [5.74, 6) is 0.896. The minimum Gasteiger partial charge on any atom is -0.496 e. The molecule has 0 spiro atoms. The molecule has 44 heavy (non-hydrogen) atoms. The van der Waals surface area contributed by atoms with Crippen LogP contribution in [0.1, 0.15) is 56.2 Å². The first-order valence-electron chi connectivity index (χ1n) is 15.7. The molecule has 3 atom stereocenters. The lowest BCUT2D eigenvalue weighted by Crippen LogP contribution is -2.47. The Morgan fingerprint density at radius 3 is 2.68 bits per heavy atom. The number of halogens is 1. The molecule has 1 N–H and O–H groups in total. The Balaban J connectivity index is 1.35. The average Bonchev–Trinajstić information content (AvgIpc) is 3.05. The number of anilines is 1. The first-order valence-corrected chi connectivity index (χ1v) is 16.1. The van der Waals surface area contributed by atoms with Gasteiger partial charge >= 0.3 is 5.97 Å². The first kappa shape index (κ1) is 32.1. The van der Waals surface area contributed by atoms with Gasteiger partial charge in [-0.2, -0.15) is 0 Å². The van der Waals surface area contributed by atoms with Gasteiger partial charge in [0.25, 0.3) is 0 Å². The Hall–Kier alpha value is -3.33. The zero-order chi connectivity index (χ0) is 31.2. The molecule has 0 saturated carbocycles. The number of benzene rings is 2. The van der Waals surface area contributed by atoms with Crippen LogP contribution in [0.25, 0.3) is 11.3 Å². The molecule has 0 radical (unpaired) electrons. The molecule has 0 amide bonds. The number of aromatic nitrogens is 1. The number of para-hydroxylation sites is 1. The standard InChI is InChI=1S/C35H44ClN3O5/c1-5-9-25(6-2)38-16-14-24-18-23(19-31(42-3)28(24)20-38)22-44-34-26(10-7-11-29(34)36)30-12-8-13-33(37-30)39-17-15-27(35(40)41)32(21-39)43-4/h7-8,10-13,18-19,25,27,32H,5-6,9,14-17,20-22H2,1-4H3,(H,40,41). The van der Waals surface area contributed by atoms with Gasteiger partial charge in [0.2, 0.25) is 0 Å². The molecule has 1 fully saturated rings. The molecule has 1 aromatic heterocycles. The number of carbonyl (C=O) groups is 1. The number of aliphatic carboxylic acids is 1. The molecule has 2 aromatic carbocycles. The zero-order valence-electron chi connectivity index (χ0n) is 26.2. The van der Waals surface area contributed by atoms with E-state index in [4.69, 9.17) is 30.8 Å². The van der Waals surface area contributed by atoms with Crippen LogP contribution in [-0.4, -0.2) is 67.0 Å². The van der Waals surface area contributed by atoms with Crippen LogP contribution in [-0.2, 0) is 29.1 Å². The van der Waals surface area contributed by atoms with Crippen LogP contribution in [0.15, 0.2) is 48.5 Å². The molecule has 8 nitrogen and oxygen atoms in total. The number of rotatable bonds is 12. The summed E-state index contributed by atoms with van der Waals surface area (Å²) in [5.41, 5.74) is 5.16. The fourth-order valence-electron chi connectivity index (χ4n) is 6.68. The zero-order valence-corrected chi connectivity index (χ0v) is 27.0. The maximum absolute atomic E-state index is 11.7. The quantitative estimate of drug-likeness (QED) is 0.235. The van der Waals surface area contributed by atoms with E-state index in [1.807, 2.05) is 36.4 Å². The topological polar surface area (TPSA) is 84.4 Å². The molecule has 3 aromatic rings. The highest BCUT2D eigenvalue weighted by molar-refractivity contribution is 6.32. The van der Waals surface area contributed by atoms with Crippen molar-refractivity contribution in [2.45, 2.75) is 71.2 Å². The lowest BCUT2D eigenvalue weighted by Gasteiger charge is -2.36. The summed E-state index contributed by atoms with van der Waals surface area (Å²) in [6, 6.07) is 16.5. The van der Waals surface area contributed by atoms with Crippen LogP contribution < -0.4 is 14.4 Å². The number of carboxylic acid groups (broad SMARTS) is 1. The monoisotopic (exact) mass is 621 g/mol. The number of ether oxygens (including phenoxy) is 3. The summed E-state index contributed by atoms with van der Waals surface area (Å²) in [6.07, 6.45) is 4.64. The van der Waals surface area contributed by atoms with Gasteiger partial charge in [-0.25, -0.2) is 4.98 Å². The summed E-state index contributed by atoms with van der Waals surface area (Å²) in [6.45, 7) is 7.88. The second-order valence-electron chi connectivity index (χ2n) is 11.7. The maximum atomic E-state index is 11.7. The van der Waals surface area contributed by atoms with E-state index in [9.17, 15) is 9.90 Å². The lowest BCUT2D eigenvalue weighted by atomic mass is 9.94. The Kier molecular flexibility index (Phi) is 10.7. The molecular weight excluding hydrogens is 578 g/mol. The number of methoxy groups -OCH3 is 2. The number of hydrogen-bond acceptors (Lipinski definition) is 7. The number of piperidine rings is 1. The van der Waals surface area contributed by atoms with Crippen LogP contribution in [0.2, 0.25) is 5.02 Å². The smallest absolute Gasteiger partial charge is 0.309 e. The van der Waals surface area contributed by atoms with Crippen molar-refractivity contribution in [1.29, 1.82) is 0 Å². The number of hydrogen-bond donors (Lipinski definition) is 1. The van der Waals surface area contributed by atoms with E-state index in [2.05, 4.69) is 35.8 Å². The fraction of sp³-hybridized carbons (Fsp3) is 0.486.